The predicted molar refractivity (Wildman–Crippen MR) is 204 cm³/mol. The van der Waals surface area contributed by atoms with Crippen LogP contribution in [0.3, 0.4) is 0 Å². The second-order valence-electron chi connectivity index (χ2n) is 13.3. The van der Waals surface area contributed by atoms with Gasteiger partial charge in [0.05, 0.1) is 28.4 Å². The Morgan fingerprint density at radius 3 is 1.66 bits per heavy atom. The number of benzene rings is 6. The van der Waals surface area contributed by atoms with Gasteiger partial charge in [-0.15, -0.1) is 0 Å². The van der Waals surface area contributed by atoms with Crippen LogP contribution in [-0.4, -0.2) is 40.8 Å². The third-order valence-corrected chi connectivity index (χ3v) is 12.3. The first-order valence-corrected chi connectivity index (χ1v) is 20.7. The Morgan fingerprint density at radius 2 is 1.18 bits per heavy atom. The minimum atomic E-state index is -3.71. The quantitative estimate of drug-likeness (QED) is 0.0931. The molecule has 0 aliphatic rings. The van der Waals surface area contributed by atoms with Crippen LogP contribution in [0.5, 0.6) is 23.0 Å². The average Bonchev–Trinajstić information content (AvgIpc) is 3.12. The van der Waals surface area contributed by atoms with Gasteiger partial charge in [0, 0.05) is 17.0 Å². The fraction of sp³-hybridized carbons (Fsp3) is 0.190. The predicted octanol–water partition coefficient (Wildman–Crippen LogP) is 8.97. The van der Waals surface area contributed by atoms with Crippen molar-refractivity contribution in [2.45, 2.75) is 50.3 Å². The number of fused-ring (bicyclic) bond motifs is 2. The van der Waals surface area contributed by atoms with E-state index in [-0.39, 0.29) is 50.3 Å². The van der Waals surface area contributed by atoms with Crippen LogP contribution in [0.2, 0.25) is 0 Å². The molecule has 0 saturated carbocycles. The number of esters is 2. The zero-order valence-electron chi connectivity index (χ0n) is 30.8. The fourth-order valence-electron chi connectivity index (χ4n) is 6.34. The summed E-state index contributed by atoms with van der Waals surface area (Å²) in [4.78, 5) is 26.4. The van der Waals surface area contributed by atoms with Gasteiger partial charge in [0.1, 0.15) is 28.9 Å². The van der Waals surface area contributed by atoms with Gasteiger partial charge < -0.3 is 14.2 Å². The molecule has 9 nitrogen and oxygen atoms in total. The minimum absolute atomic E-state index is 0.00899. The maximum absolute atomic E-state index is 15.0. The molecule has 6 rings (SSSR count). The Kier molecular flexibility index (Phi) is 11.0. The van der Waals surface area contributed by atoms with Crippen molar-refractivity contribution in [3.8, 4) is 23.0 Å². The Labute approximate surface area is 321 Å². The molecular weight excluding hydrogens is 770 g/mol. The van der Waals surface area contributed by atoms with Gasteiger partial charge in [-0.1, -0.05) is 31.2 Å². The van der Waals surface area contributed by atoms with Crippen molar-refractivity contribution in [1.82, 2.24) is 0 Å². The molecule has 0 aliphatic heterocycles. The van der Waals surface area contributed by atoms with Crippen molar-refractivity contribution in [3.63, 3.8) is 0 Å². The number of halogens is 3. The highest BCUT2D eigenvalue weighted by atomic mass is 32.2. The van der Waals surface area contributed by atoms with Gasteiger partial charge in [-0.05, 0) is 120 Å². The maximum Gasteiger partial charge on any atom is 0.317 e. The molecule has 0 aliphatic carbocycles. The van der Waals surface area contributed by atoms with Crippen molar-refractivity contribution in [3.05, 3.63) is 130 Å². The fourth-order valence-corrected chi connectivity index (χ4v) is 8.11. The van der Waals surface area contributed by atoms with Crippen LogP contribution in [-0.2, 0) is 46.8 Å². The van der Waals surface area contributed by atoms with Gasteiger partial charge in [0.15, 0.2) is 31.2 Å². The summed E-state index contributed by atoms with van der Waals surface area (Å²) >= 11 is 0. The molecule has 0 radical (unpaired) electrons. The molecule has 0 saturated heterocycles. The van der Waals surface area contributed by atoms with Gasteiger partial charge in [-0.25, -0.2) is 30.0 Å². The smallest absolute Gasteiger partial charge is 0.317 e. The lowest BCUT2D eigenvalue weighted by Crippen LogP contribution is -2.17. The van der Waals surface area contributed by atoms with Crippen molar-refractivity contribution in [1.29, 1.82) is 0 Å². The monoisotopic (exact) mass is 804 g/mol. The molecule has 0 N–H and O–H groups in total. The number of ether oxygens (including phenoxy) is 3. The summed E-state index contributed by atoms with van der Waals surface area (Å²) in [5.41, 5.74) is 1.97. The summed E-state index contributed by atoms with van der Waals surface area (Å²) in [5.74, 6) is -3.85. The summed E-state index contributed by atoms with van der Waals surface area (Å²) < 4.78 is 110. The van der Waals surface area contributed by atoms with E-state index < -0.39 is 55.5 Å². The maximum atomic E-state index is 15.0. The zero-order valence-corrected chi connectivity index (χ0v) is 32.5. The number of carbonyl (C=O) groups is 2. The Balaban J connectivity index is 1.26. The van der Waals surface area contributed by atoms with Gasteiger partial charge in [0.2, 0.25) is 0 Å². The molecule has 6 aromatic carbocycles. The largest absolute Gasteiger partial charge is 0.456 e. The van der Waals surface area contributed by atoms with Crippen LogP contribution in [0.1, 0.15) is 34.7 Å². The van der Waals surface area contributed by atoms with E-state index in [9.17, 15) is 35.2 Å². The van der Waals surface area contributed by atoms with Crippen LogP contribution in [0.25, 0.3) is 21.5 Å². The molecule has 0 bridgehead atoms. The van der Waals surface area contributed by atoms with Gasteiger partial charge in [-0.2, -0.15) is 0 Å². The first-order valence-electron chi connectivity index (χ1n) is 17.2. The van der Waals surface area contributed by atoms with E-state index in [4.69, 9.17) is 14.2 Å². The van der Waals surface area contributed by atoms with Crippen LogP contribution in [0.15, 0.2) is 94.7 Å². The number of aryl methyl sites for hydroxylation is 1. The first kappa shape index (κ1) is 39.9. The van der Waals surface area contributed by atoms with E-state index in [1.165, 1.54) is 54.6 Å². The molecule has 0 spiro atoms. The third kappa shape index (κ3) is 8.41. The minimum Gasteiger partial charge on any atom is -0.456 e. The topological polar surface area (TPSA) is 130 Å². The highest BCUT2D eigenvalue weighted by Gasteiger charge is 2.23. The summed E-state index contributed by atoms with van der Waals surface area (Å²) in [5, 5.41) is 1.61. The highest BCUT2D eigenvalue weighted by molar-refractivity contribution is 7.91. The Hall–Kier alpha value is -5.73. The molecule has 0 amide bonds. The molecule has 56 heavy (non-hydrogen) atoms. The van der Waals surface area contributed by atoms with Crippen LogP contribution < -0.4 is 9.47 Å². The molecule has 0 aromatic heterocycles. The Bertz CT molecular complexity index is 2820. The first-order chi connectivity index (χ1) is 26.3. The van der Waals surface area contributed by atoms with Crippen molar-refractivity contribution in [2.75, 3.05) is 12.0 Å². The van der Waals surface area contributed by atoms with Gasteiger partial charge >= 0.3 is 11.9 Å². The van der Waals surface area contributed by atoms with E-state index in [0.29, 0.717) is 44.0 Å². The summed E-state index contributed by atoms with van der Waals surface area (Å²) in [6.45, 7) is 6.40. The van der Waals surface area contributed by atoms with Crippen LogP contribution in [0.4, 0.5) is 13.2 Å². The molecule has 290 valence electrons. The summed E-state index contributed by atoms with van der Waals surface area (Å²) in [7, 11) is -7.20. The normalized spacial score (nSPS) is 11.9. The summed E-state index contributed by atoms with van der Waals surface area (Å²) in [6, 6.07) is 18.7. The van der Waals surface area contributed by atoms with E-state index in [1.807, 2.05) is 0 Å². The number of sulfone groups is 2. The lowest BCUT2D eigenvalue weighted by molar-refractivity contribution is -0.158. The number of hydrogen-bond donors (Lipinski definition) is 0. The Morgan fingerprint density at radius 1 is 0.643 bits per heavy atom. The standard InChI is InChI=1S/C42H35F3O9S2/c1-6-56(50,51)38-14-11-32(15-23(38)2)52-41-24(3)28(16-26-7-9-30(43)20-34(26)41)18-39(46)54-40(47)19-29-17-27-8-10-31(44)21-35(27)42(25(29)4)53-37-13-12-33(22-36(37)45)55(5,48)49/h7-17,20-22H,6,18-19H2,1-5H3. The average molecular weight is 805 g/mol. The molecule has 14 heteroatoms. The van der Waals surface area contributed by atoms with Crippen molar-refractivity contribution >= 4 is 53.2 Å². The summed E-state index contributed by atoms with van der Waals surface area (Å²) in [6.07, 6.45) is 0.131. The SMILES string of the molecule is CCS(=O)(=O)c1ccc(Oc2c(C)c(CC(=O)OC(=O)Cc3cc4ccc(F)cc4c(Oc4ccc(S(C)(=O)=O)cc4F)c3C)cc3ccc(F)cc23)cc1C. The van der Waals surface area contributed by atoms with Gasteiger partial charge in [0.25, 0.3) is 0 Å². The van der Waals surface area contributed by atoms with E-state index in [0.717, 1.165) is 18.4 Å². The molecule has 0 unspecified atom stereocenters. The molecule has 0 fully saturated rings. The van der Waals surface area contributed by atoms with E-state index in [1.54, 1.807) is 45.9 Å². The second kappa shape index (κ2) is 15.4. The third-order valence-electron chi connectivity index (χ3n) is 9.35. The molecule has 0 atom stereocenters. The number of hydrogen-bond acceptors (Lipinski definition) is 9. The van der Waals surface area contributed by atoms with E-state index >= 15 is 4.39 Å². The van der Waals surface area contributed by atoms with Crippen molar-refractivity contribution in [2.24, 2.45) is 0 Å². The molecule has 6 aromatic rings. The lowest BCUT2D eigenvalue weighted by atomic mass is 9.97. The molecular formula is C42H35F3O9S2. The van der Waals surface area contributed by atoms with Crippen LogP contribution in [0, 0.1) is 38.2 Å². The zero-order chi connectivity index (χ0) is 40.7. The molecule has 0 heterocycles. The van der Waals surface area contributed by atoms with Gasteiger partial charge in [-0.3, -0.25) is 9.59 Å². The van der Waals surface area contributed by atoms with Crippen molar-refractivity contribution < 1.29 is 53.8 Å². The highest BCUT2D eigenvalue weighted by Crippen LogP contribution is 2.39. The van der Waals surface area contributed by atoms with Crippen LogP contribution >= 0.6 is 0 Å². The lowest BCUT2D eigenvalue weighted by Gasteiger charge is -2.17. The second-order valence-corrected chi connectivity index (χ2v) is 17.6. The number of carbonyl (C=O) groups excluding carboxylic acids is 2. The van der Waals surface area contributed by atoms with E-state index in [2.05, 4.69) is 0 Å². The number of rotatable bonds is 11.